The average Bonchev–Trinajstić information content (AvgIpc) is 2.42. The molecule has 19 heavy (non-hydrogen) atoms. The first-order valence-corrected chi connectivity index (χ1v) is 7.98. The van der Waals surface area contributed by atoms with Gasteiger partial charge in [0, 0.05) is 58.4 Å². The number of nitrogens with zero attached hydrogens (tertiary/aromatic N) is 3. The van der Waals surface area contributed by atoms with E-state index >= 15 is 0 Å². The Morgan fingerprint density at radius 2 is 1.47 bits per heavy atom. The van der Waals surface area contributed by atoms with Gasteiger partial charge in [-0.15, -0.1) is 0 Å². The van der Waals surface area contributed by atoms with Gasteiger partial charge in [-0.05, 0) is 26.9 Å². The van der Waals surface area contributed by atoms with Gasteiger partial charge in [0.1, 0.15) is 0 Å². The van der Waals surface area contributed by atoms with Crippen LogP contribution in [0.1, 0.15) is 26.7 Å². The highest BCUT2D eigenvalue weighted by atomic mass is 15.3. The second-order valence-electron chi connectivity index (χ2n) is 5.95. The van der Waals surface area contributed by atoms with E-state index in [-0.39, 0.29) is 0 Å². The molecule has 1 N–H and O–H groups in total. The summed E-state index contributed by atoms with van der Waals surface area (Å²) in [7, 11) is 4.31. The third-order valence-electron chi connectivity index (χ3n) is 4.17. The van der Waals surface area contributed by atoms with E-state index in [1.165, 1.54) is 58.7 Å². The number of likely N-dealkylation sites (N-methyl/N-ethyl adjacent to an activating group) is 1. The molecule has 0 radical (unpaired) electrons. The second kappa shape index (κ2) is 9.70. The van der Waals surface area contributed by atoms with E-state index in [1.54, 1.807) is 0 Å². The van der Waals surface area contributed by atoms with Gasteiger partial charge in [0.25, 0.3) is 0 Å². The molecule has 1 aliphatic heterocycles. The van der Waals surface area contributed by atoms with Gasteiger partial charge in [-0.25, -0.2) is 0 Å². The molecule has 0 aromatic carbocycles. The van der Waals surface area contributed by atoms with Crippen LogP contribution >= 0.6 is 0 Å². The van der Waals surface area contributed by atoms with E-state index in [0.29, 0.717) is 6.04 Å². The molecule has 0 spiro atoms. The average molecular weight is 270 g/mol. The fourth-order valence-corrected chi connectivity index (χ4v) is 2.58. The van der Waals surface area contributed by atoms with Gasteiger partial charge in [0.05, 0.1) is 0 Å². The first kappa shape index (κ1) is 16.9. The molecular weight excluding hydrogens is 236 g/mol. The van der Waals surface area contributed by atoms with Crippen molar-refractivity contribution in [3.05, 3.63) is 0 Å². The zero-order valence-electron chi connectivity index (χ0n) is 13.5. The van der Waals surface area contributed by atoms with Crippen molar-refractivity contribution in [1.82, 2.24) is 20.0 Å². The van der Waals surface area contributed by atoms with Crippen LogP contribution in [0.3, 0.4) is 0 Å². The summed E-state index contributed by atoms with van der Waals surface area (Å²) in [5, 5.41) is 3.66. The molecule has 0 saturated carbocycles. The van der Waals surface area contributed by atoms with Gasteiger partial charge in [0.2, 0.25) is 0 Å². The molecule has 1 aliphatic rings. The lowest BCUT2D eigenvalue weighted by Gasteiger charge is -2.35. The maximum atomic E-state index is 3.66. The Morgan fingerprint density at radius 3 is 1.95 bits per heavy atom. The monoisotopic (exact) mass is 270 g/mol. The molecule has 1 fully saturated rings. The smallest absolute Gasteiger partial charge is 0.0110 e. The molecule has 4 heteroatoms. The van der Waals surface area contributed by atoms with Gasteiger partial charge in [-0.2, -0.15) is 0 Å². The third kappa shape index (κ3) is 7.25. The predicted octanol–water partition coefficient (Wildman–Crippen LogP) is 0.944. The number of hydrogen-bond donors (Lipinski definition) is 1. The van der Waals surface area contributed by atoms with Gasteiger partial charge in [0.15, 0.2) is 0 Å². The molecule has 0 unspecified atom stereocenters. The summed E-state index contributed by atoms with van der Waals surface area (Å²) >= 11 is 0. The van der Waals surface area contributed by atoms with Crippen molar-refractivity contribution in [2.45, 2.75) is 32.7 Å². The Hall–Kier alpha value is -0.160. The summed E-state index contributed by atoms with van der Waals surface area (Å²) in [6, 6.07) is 0.710. The largest absolute Gasteiger partial charge is 0.313 e. The van der Waals surface area contributed by atoms with E-state index in [1.807, 2.05) is 0 Å². The zero-order chi connectivity index (χ0) is 14.1. The summed E-state index contributed by atoms with van der Waals surface area (Å²) < 4.78 is 0. The third-order valence-corrected chi connectivity index (χ3v) is 4.17. The standard InChI is InChI=1S/C15H34N4/c1-5-15(6-2)16-7-8-18-11-13-19(14-12-18)10-9-17(3)4/h15-16H,5-14H2,1-4H3. The molecule has 0 aromatic rings. The van der Waals surface area contributed by atoms with E-state index in [9.17, 15) is 0 Å². The fourth-order valence-electron chi connectivity index (χ4n) is 2.58. The van der Waals surface area contributed by atoms with Gasteiger partial charge < -0.3 is 10.2 Å². The first-order chi connectivity index (χ1) is 9.15. The molecule has 114 valence electrons. The lowest BCUT2D eigenvalue weighted by molar-refractivity contribution is 0.125. The first-order valence-electron chi connectivity index (χ1n) is 7.98. The van der Waals surface area contributed by atoms with Crippen LogP contribution < -0.4 is 5.32 Å². The van der Waals surface area contributed by atoms with E-state index in [0.717, 1.165) is 6.54 Å². The maximum Gasteiger partial charge on any atom is 0.0110 e. The highest BCUT2D eigenvalue weighted by Crippen LogP contribution is 2.01. The predicted molar refractivity (Wildman–Crippen MR) is 83.8 cm³/mol. The van der Waals surface area contributed by atoms with Crippen LogP contribution in [0, 0.1) is 0 Å². The highest BCUT2D eigenvalue weighted by Gasteiger charge is 2.16. The molecule has 1 heterocycles. The maximum absolute atomic E-state index is 3.66. The molecular formula is C15H34N4. The zero-order valence-corrected chi connectivity index (χ0v) is 13.5. The van der Waals surface area contributed by atoms with Gasteiger partial charge >= 0.3 is 0 Å². The van der Waals surface area contributed by atoms with Crippen molar-refractivity contribution in [3.63, 3.8) is 0 Å². The van der Waals surface area contributed by atoms with E-state index < -0.39 is 0 Å². The van der Waals surface area contributed by atoms with Crippen LogP contribution in [-0.4, -0.2) is 87.2 Å². The fraction of sp³-hybridized carbons (Fsp3) is 1.00. The van der Waals surface area contributed by atoms with Crippen molar-refractivity contribution in [1.29, 1.82) is 0 Å². The summed E-state index contributed by atoms with van der Waals surface area (Å²) in [4.78, 5) is 7.46. The van der Waals surface area contributed by atoms with Crippen molar-refractivity contribution in [3.8, 4) is 0 Å². The molecule has 0 aromatic heterocycles. The van der Waals surface area contributed by atoms with Crippen LogP contribution in [0.25, 0.3) is 0 Å². The summed E-state index contributed by atoms with van der Waals surface area (Å²) in [5.41, 5.74) is 0. The summed E-state index contributed by atoms with van der Waals surface area (Å²) in [6.07, 6.45) is 2.49. The van der Waals surface area contributed by atoms with Crippen LogP contribution in [0.15, 0.2) is 0 Å². The molecule has 0 atom stereocenters. The van der Waals surface area contributed by atoms with Gasteiger partial charge in [-0.3, -0.25) is 9.80 Å². The van der Waals surface area contributed by atoms with Crippen molar-refractivity contribution in [2.24, 2.45) is 0 Å². The molecule has 0 amide bonds. The minimum Gasteiger partial charge on any atom is -0.313 e. The molecule has 0 aliphatic carbocycles. The van der Waals surface area contributed by atoms with Crippen LogP contribution in [0.4, 0.5) is 0 Å². The number of nitrogens with one attached hydrogen (secondary N) is 1. The van der Waals surface area contributed by atoms with Crippen LogP contribution in [-0.2, 0) is 0 Å². The Balaban J connectivity index is 2.06. The van der Waals surface area contributed by atoms with E-state index in [2.05, 4.69) is 48.0 Å². The topological polar surface area (TPSA) is 21.8 Å². The Morgan fingerprint density at radius 1 is 0.947 bits per heavy atom. The molecule has 0 bridgehead atoms. The second-order valence-corrected chi connectivity index (χ2v) is 5.95. The van der Waals surface area contributed by atoms with Gasteiger partial charge in [-0.1, -0.05) is 13.8 Å². The Bertz CT molecular complexity index is 208. The molecule has 1 saturated heterocycles. The lowest BCUT2D eigenvalue weighted by Crippen LogP contribution is -2.49. The summed E-state index contributed by atoms with van der Waals surface area (Å²) in [5.74, 6) is 0. The minimum absolute atomic E-state index is 0.710. The molecule has 1 rings (SSSR count). The summed E-state index contributed by atoms with van der Waals surface area (Å²) in [6.45, 7) is 14.2. The minimum atomic E-state index is 0.710. The van der Waals surface area contributed by atoms with Crippen LogP contribution in [0.2, 0.25) is 0 Å². The van der Waals surface area contributed by atoms with E-state index in [4.69, 9.17) is 0 Å². The quantitative estimate of drug-likeness (QED) is 0.673. The van der Waals surface area contributed by atoms with Crippen molar-refractivity contribution in [2.75, 3.05) is 66.5 Å². The van der Waals surface area contributed by atoms with Crippen molar-refractivity contribution >= 4 is 0 Å². The van der Waals surface area contributed by atoms with Crippen molar-refractivity contribution < 1.29 is 0 Å². The Kier molecular flexibility index (Phi) is 8.62. The number of rotatable bonds is 9. The Labute approximate surface area is 120 Å². The highest BCUT2D eigenvalue weighted by molar-refractivity contribution is 4.73. The SMILES string of the molecule is CCC(CC)NCCN1CCN(CCN(C)C)CC1. The van der Waals surface area contributed by atoms with Crippen LogP contribution in [0.5, 0.6) is 0 Å². The normalized spacial score (nSPS) is 18.6. The number of piperazine rings is 1. The molecule has 4 nitrogen and oxygen atoms in total. The lowest BCUT2D eigenvalue weighted by atomic mass is 10.2. The number of hydrogen-bond acceptors (Lipinski definition) is 4.